The molecule has 0 aliphatic heterocycles. The molecule has 1 rings (SSSR count). The van der Waals surface area contributed by atoms with Gasteiger partial charge in [-0.15, -0.1) is 0 Å². The quantitative estimate of drug-likeness (QED) is 0.566. The van der Waals surface area contributed by atoms with Crippen LogP contribution in [-0.4, -0.2) is 27.3 Å². The largest absolute Gasteiger partial charge is 0.477 e. The van der Waals surface area contributed by atoms with Crippen molar-refractivity contribution in [2.45, 2.75) is 6.54 Å². The van der Waals surface area contributed by atoms with E-state index in [9.17, 15) is 14.7 Å². The summed E-state index contributed by atoms with van der Waals surface area (Å²) < 4.78 is 0.936. The molecule has 0 saturated heterocycles. The number of aromatic carboxylic acids is 1. The van der Waals surface area contributed by atoms with Crippen molar-refractivity contribution in [3.05, 3.63) is 23.9 Å². The number of aromatic hydroxyl groups is 1. The Hall–Kier alpha value is -2.11. The molecule has 0 fully saturated rings. The molecule has 1 aromatic rings. The fourth-order valence-corrected chi connectivity index (χ4v) is 0.936. The lowest BCUT2D eigenvalue weighted by atomic mass is 10.3. The molecule has 6 nitrogen and oxygen atoms in total. The molecular formula is C8H8NO5+. The first-order chi connectivity index (χ1) is 6.50. The smallest absolute Gasteiger partial charge is 0.370 e. The summed E-state index contributed by atoms with van der Waals surface area (Å²) in [5, 5.41) is 26.2. The molecule has 0 saturated carbocycles. The first-order valence-electron chi connectivity index (χ1n) is 3.68. The Labute approximate surface area is 78.7 Å². The van der Waals surface area contributed by atoms with Gasteiger partial charge in [0.25, 0.3) is 0 Å². The lowest BCUT2D eigenvalue weighted by Crippen LogP contribution is -2.38. The van der Waals surface area contributed by atoms with Crippen LogP contribution >= 0.6 is 0 Å². The first kappa shape index (κ1) is 9.97. The SMILES string of the molecule is O=C(O)C[n+]1cc(C(=O)O)ccc1O. The first-order valence-corrected chi connectivity index (χ1v) is 3.68. The number of aliphatic carboxylic acids is 1. The third-order valence-electron chi connectivity index (χ3n) is 1.55. The summed E-state index contributed by atoms with van der Waals surface area (Å²) in [6.45, 7) is -0.479. The zero-order valence-electron chi connectivity index (χ0n) is 7.04. The second kappa shape index (κ2) is 3.73. The van der Waals surface area contributed by atoms with Gasteiger partial charge in [-0.2, -0.15) is 4.57 Å². The van der Waals surface area contributed by atoms with E-state index in [4.69, 9.17) is 10.2 Å². The Kier molecular flexibility index (Phi) is 2.66. The van der Waals surface area contributed by atoms with Crippen LogP contribution in [0.5, 0.6) is 5.88 Å². The number of hydrogen-bond acceptors (Lipinski definition) is 3. The van der Waals surface area contributed by atoms with Crippen molar-refractivity contribution in [3.8, 4) is 5.88 Å². The van der Waals surface area contributed by atoms with E-state index in [1.54, 1.807) is 0 Å². The summed E-state index contributed by atoms with van der Waals surface area (Å²) in [5.41, 5.74) is -0.0796. The fourth-order valence-electron chi connectivity index (χ4n) is 0.936. The van der Waals surface area contributed by atoms with Crippen LogP contribution in [0.4, 0.5) is 0 Å². The van der Waals surface area contributed by atoms with E-state index in [1.807, 2.05) is 0 Å². The van der Waals surface area contributed by atoms with Gasteiger partial charge in [0.15, 0.2) is 6.20 Å². The van der Waals surface area contributed by atoms with Crippen molar-refractivity contribution in [1.82, 2.24) is 0 Å². The standard InChI is InChI=1S/C8H7NO5/c10-6-2-1-5(8(13)14)3-9(6)4-7(11)12/h1-3H,4H2,(H2,11,12,13,14)/p+1. The highest BCUT2D eigenvalue weighted by Gasteiger charge is 2.16. The Balaban J connectivity index is 3.08. The normalized spacial score (nSPS) is 9.71. The molecule has 1 heterocycles. The van der Waals surface area contributed by atoms with E-state index < -0.39 is 18.5 Å². The van der Waals surface area contributed by atoms with Crippen molar-refractivity contribution < 1.29 is 29.5 Å². The maximum atomic E-state index is 10.5. The van der Waals surface area contributed by atoms with Crippen molar-refractivity contribution in [2.24, 2.45) is 0 Å². The average Bonchev–Trinajstić information content (AvgIpc) is 2.07. The molecule has 74 valence electrons. The molecular weight excluding hydrogens is 190 g/mol. The Morgan fingerprint density at radius 3 is 2.43 bits per heavy atom. The highest BCUT2D eigenvalue weighted by Crippen LogP contribution is 2.03. The van der Waals surface area contributed by atoms with E-state index >= 15 is 0 Å². The Morgan fingerprint density at radius 2 is 1.93 bits per heavy atom. The van der Waals surface area contributed by atoms with Crippen molar-refractivity contribution >= 4 is 11.9 Å². The molecule has 14 heavy (non-hydrogen) atoms. The van der Waals surface area contributed by atoms with Gasteiger partial charge in [-0.3, -0.25) is 0 Å². The van der Waals surface area contributed by atoms with Crippen LogP contribution in [0.3, 0.4) is 0 Å². The lowest BCUT2D eigenvalue weighted by Gasteiger charge is -1.96. The topological polar surface area (TPSA) is 98.7 Å². The molecule has 6 heteroatoms. The van der Waals surface area contributed by atoms with Gasteiger partial charge in [-0.25, -0.2) is 9.59 Å². The summed E-state index contributed by atoms with van der Waals surface area (Å²) in [6, 6.07) is 2.32. The minimum atomic E-state index is -1.18. The Bertz CT molecular complexity index is 387. The van der Waals surface area contributed by atoms with Gasteiger partial charge in [0.1, 0.15) is 5.56 Å². The van der Waals surface area contributed by atoms with Crippen molar-refractivity contribution in [2.75, 3.05) is 0 Å². The predicted octanol–water partition coefficient (Wildman–Crippen LogP) is -0.538. The molecule has 0 radical (unpaired) electrons. The van der Waals surface area contributed by atoms with Crippen LogP contribution in [0, 0.1) is 0 Å². The molecule has 0 amide bonds. The zero-order chi connectivity index (χ0) is 10.7. The van der Waals surface area contributed by atoms with E-state index in [0.29, 0.717) is 0 Å². The summed E-state index contributed by atoms with van der Waals surface area (Å²) in [6.07, 6.45) is 1.06. The molecule has 0 bridgehead atoms. The minimum Gasteiger partial charge on any atom is -0.477 e. The number of carboxylic acid groups (broad SMARTS) is 2. The van der Waals surface area contributed by atoms with Crippen LogP contribution in [0.2, 0.25) is 0 Å². The maximum Gasteiger partial charge on any atom is 0.370 e. The second-order valence-corrected chi connectivity index (χ2v) is 2.60. The zero-order valence-corrected chi connectivity index (χ0v) is 7.04. The van der Waals surface area contributed by atoms with Gasteiger partial charge in [0.05, 0.1) is 6.07 Å². The van der Waals surface area contributed by atoms with Gasteiger partial charge in [-0.1, -0.05) is 0 Å². The number of carboxylic acids is 2. The molecule has 0 unspecified atom stereocenters. The maximum absolute atomic E-state index is 10.5. The van der Waals surface area contributed by atoms with Gasteiger partial charge in [0, 0.05) is 0 Å². The fraction of sp³-hybridized carbons (Fsp3) is 0.125. The summed E-state index contributed by atoms with van der Waals surface area (Å²) in [5.74, 6) is -2.63. The molecule has 0 spiro atoms. The van der Waals surface area contributed by atoms with Gasteiger partial charge < -0.3 is 15.3 Å². The van der Waals surface area contributed by atoms with E-state index in [0.717, 1.165) is 16.8 Å². The molecule has 0 atom stereocenters. The number of rotatable bonds is 3. The molecule has 0 aromatic carbocycles. The number of carbonyl (C=O) groups is 2. The highest BCUT2D eigenvalue weighted by molar-refractivity contribution is 5.86. The third kappa shape index (κ3) is 2.19. The lowest BCUT2D eigenvalue weighted by molar-refractivity contribution is -0.691. The summed E-state index contributed by atoms with van der Waals surface area (Å²) in [7, 11) is 0. The molecule has 3 N–H and O–H groups in total. The van der Waals surface area contributed by atoms with Crippen molar-refractivity contribution in [1.29, 1.82) is 0 Å². The summed E-state index contributed by atoms with van der Waals surface area (Å²) in [4.78, 5) is 20.8. The molecule has 0 aliphatic rings. The monoisotopic (exact) mass is 198 g/mol. The van der Waals surface area contributed by atoms with E-state index in [1.165, 1.54) is 6.07 Å². The average molecular weight is 198 g/mol. The van der Waals surface area contributed by atoms with Crippen LogP contribution in [0.15, 0.2) is 18.3 Å². The second-order valence-electron chi connectivity index (χ2n) is 2.60. The van der Waals surface area contributed by atoms with E-state index in [-0.39, 0.29) is 11.4 Å². The van der Waals surface area contributed by atoms with Gasteiger partial charge >= 0.3 is 17.8 Å². The third-order valence-corrected chi connectivity index (χ3v) is 1.55. The number of hydrogen-bond donors (Lipinski definition) is 3. The molecule has 0 aliphatic carbocycles. The predicted molar refractivity (Wildman–Crippen MR) is 42.9 cm³/mol. The van der Waals surface area contributed by atoms with Gasteiger partial charge in [-0.05, 0) is 6.07 Å². The highest BCUT2D eigenvalue weighted by atomic mass is 16.4. The van der Waals surface area contributed by atoms with Crippen LogP contribution in [0.1, 0.15) is 10.4 Å². The van der Waals surface area contributed by atoms with Crippen molar-refractivity contribution in [3.63, 3.8) is 0 Å². The van der Waals surface area contributed by atoms with E-state index in [2.05, 4.69) is 0 Å². The van der Waals surface area contributed by atoms with Crippen LogP contribution in [-0.2, 0) is 11.3 Å². The number of pyridine rings is 1. The Morgan fingerprint density at radius 1 is 1.29 bits per heavy atom. The summed E-state index contributed by atoms with van der Waals surface area (Å²) >= 11 is 0. The number of aromatic nitrogens is 1. The van der Waals surface area contributed by atoms with Gasteiger partial charge in [0.2, 0.25) is 6.54 Å². The number of nitrogens with zero attached hydrogens (tertiary/aromatic N) is 1. The molecule has 1 aromatic heterocycles. The van der Waals surface area contributed by atoms with Crippen LogP contribution in [0.25, 0.3) is 0 Å². The minimum absolute atomic E-state index is 0.0796. The van der Waals surface area contributed by atoms with Crippen LogP contribution < -0.4 is 4.57 Å².